The molecule has 0 bridgehead atoms. The monoisotopic (exact) mass is 403 g/mol. The molecule has 0 atom stereocenters. The molecule has 1 heterocycles. The number of hydrogen-bond acceptors (Lipinski definition) is 4. The van der Waals surface area contributed by atoms with E-state index in [0.717, 1.165) is 17.8 Å². The third-order valence-corrected chi connectivity index (χ3v) is 4.54. The van der Waals surface area contributed by atoms with E-state index in [-0.39, 0.29) is 18.1 Å². The van der Waals surface area contributed by atoms with Crippen molar-refractivity contribution < 1.29 is 17.9 Å². The van der Waals surface area contributed by atoms with Crippen molar-refractivity contribution in [2.24, 2.45) is 0 Å². The Labute approximate surface area is 165 Å². The zero-order valence-electron chi connectivity index (χ0n) is 16.2. The molecule has 0 radical (unpaired) electrons. The summed E-state index contributed by atoms with van der Waals surface area (Å²) < 4.78 is 48.1. The Balaban J connectivity index is 2.03. The number of methoxy groups -OCH3 is 1. The Bertz CT molecular complexity index is 1110. The summed E-state index contributed by atoms with van der Waals surface area (Å²) in [7, 11) is 1.52. The van der Waals surface area contributed by atoms with Crippen molar-refractivity contribution in [1.82, 2.24) is 9.55 Å². The van der Waals surface area contributed by atoms with Gasteiger partial charge in [0.15, 0.2) is 11.6 Å². The fourth-order valence-corrected chi connectivity index (χ4v) is 2.92. The van der Waals surface area contributed by atoms with E-state index in [9.17, 15) is 18.0 Å². The van der Waals surface area contributed by atoms with Crippen LogP contribution in [0.5, 0.6) is 5.75 Å². The zero-order valence-corrected chi connectivity index (χ0v) is 16.2. The summed E-state index contributed by atoms with van der Waals surface area (Å²) in [6.07, 6.45) is 1.29. The fourth-order valence-electron chi connectivity index (χ4n) is 2.92. The van der Waals surface area contributed by atoms with Crippen molar-refractivity contribution in [3.8, 4) is 5.75 Å². The molecule has 5 nitrogen and oxygen atoms in total. The molecule has 29 heavy (non-hydrogen) atoms. The van der Waals surface area contributed by atoms with E-state index in [1.807, 2.05) is 13.0 Å². The fraction of sp³-hybridized carbons (Fsp3) is 0.238. The molecule has 3 aromatic rings. The molecule has 0 saturated heterocycles. The molecule has 0 unspecified atom stereocenters. The van der Waals surface area contributed by atoms with Gasteiger partial charge in [-0.1, -0.05) is 19.1 Å². The van der Waals surface area contributed by atoms with E-state index >= 15 is 0 Å². The second-order valence-corrected chi connectivity index (χ2v) is 6.56. The number of nitrogens with one attached hydrogen (secondary N) is 1. The molecule has 0 spiro atoms. The van der Waals surface area contributed by atoms with Gasteiger partial charge in [-0.15, -0.1) is 0 Å². The van der Waals surface area contributed by atoms with Crippen LogP contribution in [-0.2, 0) is 13.0 Å². The standard InChI is InChI=1S/C21H20F3N3O2/c1-4-14-7-13(8-16(22)19(14)24)10-27-11-17(23)20(28)26-21(27)25-18-9-15(29-3)6-5-12(18)2/h5-9,11H,4,10H2,1-3H3,(H,25,26,28). The van der Waals surface area contributed by atoms with E-state index in [1.54, 1.807) is 19.1 Å². The van der Waals surface area contributed by atoms with Crippen molar-refractivity contribution >= 4 is 11.6 Å². The minimum atomic E-state index is -1.05. The molecule has 3 rings (SSSR count). The number of rotatable bonds is 6. The molecule has 1 N–H and O–H groups in total. The topological polar surface area (TPSA) is 56.2 Å². The van der Waals surface area contributed by atoms with Gasteiger partial charge in [-0.3, -0.25) is 4.79 Å². The Kier molecular flexibility index (Phi) is 5.91. The number of aromatic nitrogens is 2. The maximum absolute atomic E-state index is 13.9. The normalized spacial score (nSPS) is 10.8. The van der Waals surface area contributed by atoms with Gasteiger partial charge in [0.2, 0.25) is 11.8 Å². The number of anilines is 2. The first kappa shape index (κ1) is 20.4. The van der Waals surface area contributed by atoms with Gasteiger partial charge in [0, 0.05) is 18.0 Å². The molecule has 0 aliphatic carbocycles. The zero-order chi connectivity index (χ0) is 21.1. The van der Waals surface area contributed by atoms with Gasteiger partial charge < -0.3 is 14.6 Å². The maximum atomic E-state index is 13.9. The first-order chi connectivity index (χ1) is 13.8. The van der Waals surface area contributed by atoms with Crippen LogP contribution in [0.15, 0.2) is 41.3 Å². The van der Waals surface area contributed by atoms with Crippen LogP contribution in [0.4, 0.5) is 24.8 Å². The van der Waals surface area contributed by atoms with Crippen LogP contribution in [0.25, 0.3) is 0 Å². The summed E-state index contributed by atoms with van der Waals surface area (Å²) in [6, 6.07) is 7.86. The molecule has 0 amide bonds. The van der Waals surface area contributed by atoms with E-state index in [0.29, 0.717) is 23.4 Å². The molecule has 0 aliphatic rings. The lowest BCUT2D eigenvalue weighted by atomic mass is 10.1. The van der Waals surface area contributed by atoms with Crippen LogP contribution in [0.3, 0.4) is 0 Å². The molecule has 8 heteroatoms. The highest BCUT2D eigenvalue weighted by molar-refractivity contribution is 5.61. The molecule has 0 fully saturated rings. The number of hydrogen-bond donors (Lipinski definition) is 1. The molecule has 0 saturated carbocycles. The van der Waals surface area contributed by atoms with Gasteiger partial charge in [-0.25, -0.2) is 8.78 Å². The third-order valence-electron chi connectivity index (χ3n) is 4.54. The van der Waals surface area contributed by atoms with Crippen LogP contribution in [0.2, 0.25) is 0 Å². The lowest BCUT2D eigenvalue weighted by Crippen LogP contribution is -2.20. The van der Waals surface area contributed by atoms with Crippen molar-refractivity contribution in [2.75, 3.05) is 12.4 Å². The quantitative estimate of drug-likeness (QED) is 0.666. The van der Waals surface area contributed by atoms with Gasteiger partial charge in [0.05, 0.1) is 13.7 Å². The van der Waals surface area contributed by atoms with E-state index in [1.165, 1.54) is 17.7 Å². The number of aryl methyl sites for hydroxylation is 2. The molecular formula is C21H20F3N3O2. The third kappa shape index (κ3) is 4.42. The number of halogens is 3. The second-order valence-electron chi connectivity index (χ2n) is 6.56. The highest BCUT2D eigenvalue weighted by atomic mass is 19.2. The van der Waals surface area contributed by atoms with E-state index in [4.69, 9.17) is 4.74 Å². The predicted molar refractivity (Wildman–Crippen MR) is 104 cm³/mol. The predicted octanol–water partition coefficient (Wildman–Crippen LogP) is 4.33. The minimum Gasteiger partial charge on any atom is -0.497 e. The van der Waals surface area contributed by atoms with Crippen molar-refractivity contribution in [1.29, 1.82) is 0 Å². The van der Waals surface area contributed by atoms with Crippen molar-refractivity contribution in [3.05, 3.63) is 81.0 Å². The lowest BCUT2D eigenvalue weighted by molar-refractivity contribution is 0.415. The van der Waals surface area contributed by atoms with Crippen LogP contribution in [0.1, 0.15) is 23.6 Å². The van der Waals surface area contributed by atoms with E-state index < -0.39 is 23.0 Å². The van der Waals surface area contributed by atoms with Crippen LogP contribution >= 0.6 is 0 Å². The summed E-state index contributed by atoms with van der Waals surface area (Å²) in [5.74, 6) is -2.27. The highest BCUT2D eigenvalue weighted by Crippen LogP contribution is 2.25. The van der Waals surface area contributed by atoms with Crippen molar-refractivity contribution in [2.45, 2.75) is 26.8 Å². The summed E-state index contributed by atoms with van der Waals surface area (Å²) in [5.41, 5.74) is 1.06. The summed E-state index contributed by atoms with van der Waals surface area (Å²) in [5, 5.41) is 3.00. The average molecular weight is 403 g/mol. The lowest BCUT2D eigenvalue weighted by Gasteiger charge is -2.16. The summed E-state index contributed by atoms with van der Waals surface area (Å²) >= 11 is 0. The van der Waals surface area contributed by atoms with Crippen LogP contribution in [-0.4, -0.2) is 16.7 Å². The van der Waals surface area contributed by atoms with Crippen LogP contribution < -0.4 is 15.6 Å². The van der Waals surface area contributed by atoms with Gasteiger partial charge in [0.25, 0.3) is 0 Å². The van der Waals surface area contributed by atoms with Crippen molar-refractivity contribution in [3.63, 3.8) is 0 Å². The van der Waals surface area contributed by atoms with Gasteiger partial charge in [-0.05, 0) is 42.2 Å². The molecule has 0 aliphatic heterocycles. The second kappa shape index (κ2) is 8.38. The maximum Gasteiger partial charge on any atom is 0.310 e. The van der Waals surface area contributed by atoms with E-state index in [2.05, 4.69) is 10.3 Å². The minimum absolute atomic E-state index is 0.0141. The van der Waals surface area contributed by atoms with Crippen LogP contribution in [0, 0.1) is 24.4 Å². The first-order valence-corrected chi connectivity index (χ1v) is 8.97. The first-order valence-electron chi connectivity index (χ1n) is 8.97. The van der Waals surface area contributed by atoms with Gasteiger partial charge in [0.1, 0.15) is 5.75 Å². The molecule has 2 aromatic carbocycles. The number of nitrogens with zero attached hydrogens (tertiary/aromatic N) is 2. The average Bonchev–Trinajstić information content (AvgIpc) is 2.69. The summed E-state index contributed by atoms with van der Waals surface area (Å²) in [6.45, 7) is 3.54. The highest BCUT2D eigenvalue weighted by Gasteiger charge is 2.14. The Hall–Kier alpha value is -3.29. The number of ether oxygens (including phenoxy) is 1. The SMILES string of the molecule is CCc1cc(Cn2cc(F)c(=O)nc2Nc2cc(OC)ccc2C)cc(F)c1F. The Morgan fingerprint density at radius 2 is 1.90 bits per heavy atom. The smallest absolute Gasteiger partial charge is 0.310 e. The molecule has 152 valence electrons. The van der Waals surface area contributed by atoms with Gasteiger partial charge >= 0.3 is 5.56 Å². The Morgan fingerprint density at radius 1 is 1.14 bits per heavy atom. The van der Waals surface area contributed by atoms with Gasteiger partial charge in [-0.2, -0.15) is 9.37 Å². The largest absolute Gasteiger partial charge is 0.497 e. The molecule has 1 aromatic heterocycles. The summed E-state index contributed by atoms with van der Waals surface area (Å²) in [4.78, 5) is 15.5. The Morgan fingerprint density at radius 3 is 2.59 bits per heavy atom. The number of benzene rings is 2. The molecular weight excluding hydrogens is 383 g/mol.